The van der Waals surface area contributed by atoms with E-state index in [0.29, 0.717) is 5.96 Å². The van der Waals surface area contributed by atoms with Crippen LogP contribution in [0.2, 0.25) is 0 Å². The van der Waals surface area contributed by atoms with Gasteiger partial charge in [0.05, 0.1) is 0 Å². The van der Waals surface area contributed by atoms with Crippen LogP contribution in [0.25, 0.3) is 0 Å². The Kier molecular flexibility index (Phi) is 2.94. The summed E-state index contributed by atoms with van der Waals surface area (Å²) < 4.78 is 0. The lowest BCUT2D eigenvalue weighted by Gasteiger charge is -2.08. The average Bonchev–Trinajstić information content (AvgIpc) is 1.63. The molecule has 0 saturated heterocycles. The highest BCUT2D eigenvalue weighted by Gasteiger charge is 1.91. The minimum absolute atomic E-state index is 0.0567. The summed E-state index contributed by atoms with van der Waals surface area (Å²) in [4.78, 5) is 5.23. The highest BCUT2D eigenvalue weighted by atomic mass is 32.1. The number of hydrogen-bond donors (Lipinski definition) is 2. The molecule has 0 aromatic rings. The van der Waals surface area contributed by atoms with Gasteiger partial charge >= 0.3 is 0 Å². The molecular weight excluding hydrogens is 136 g/mol. The molecule has 0 atom stereocenters. The molecule has 0 amide bonds. The summed E-state index contributed by atoms with van der Waals surface area (Å²) in [6.45, 7) is 0. The van der Waals surface area contributed by atoms with Gasteiger partial charge in [-0.05, 0) is 12.2 Å². The van der Waals surface area contributed by atoms with Crippen molar-refractivity contribution in [2.75, 3.05) is 14.1 Å². The monoisotopic (exact) mass is 146 g/mol. The third kappa shape index (κ3) is 3.72. The average molecular weight is 146 g/mol. The fraction of sp³-hybridized carbons (Fsp3) is 0.500. The molecule has 0 spiro atoms. The van der Waals surface area contributed by atoms with E-state index in [9.17, 15) is 0 Å². The molecule has 9 heavy (non-hydrogen) atoms. The van der Waals surface area contributed by atoms with Crippen molar-refractivity contribution < 1.29 is 0 Å². The van der Waals surface area contributed by atoms with Crippen LogP contribution in [0.3, 0.4) is 0 Å². The number of nitrogens with zero attached hydrogens (tertiary/aromatic N) is 2. The molecule has 0 aromatic carbocycles. The standard InChI is InChI=1S/C4H10N4S/c1-8(2)3(5)7-4(6)9/h1-2H3,(H4,5,6,7,9). The molecule has 0 bridgehead atoms. The normalized spacial score (nSPS) is 11.1. The Hall–Kier alpha value is -0.840. The molecule has 52 valence electrons. The van der Waals surface area contributed by atoms with E-state index in [1.165, 1.54) is 0 Å². The van der Waals surface area contributed by atoms with Crippen molar-refractivity contribution in [3.05, 3.63) is 0 Å². The molecule has 4 N–H and O–H groups in total. The second-order valence-electron chi connectivity index (χ2n) is 1.70. The fourth-order valence-electron chi connectivity index (χ4n) is 0.213. The van der Waals surface area contributed by atoms with Crippen LogP contribution in [0.15, 0.2) is 4.99 Å². The van der Waals surface area contributed by atoms with Gasteiger partial charge in [-0.3, -0.25) is 0 Å². The number of thiocarbonyl (C=S) groups is 1. The predicted molar refractivity (Wildman–Crippen MR) is 42.1 cm³/mol. The fourth-order valence-corrected chi connectivity index (χ4v) is 0.306. The second kappa shape index (κ2) is 3.24. The number of aliphatic imine (C=N–C) groups is 1. The summed E-state index contributed by atoms with van der Waals surface area (Å²) in [5.41, 5.74) is 10.4. The van der Waals surface area contributed by atoms with Crippen molar-refractivity contribution in [2.24, 2.45) is 16.5 Å². The van der Waals surface area contributed by atoms with Crippen LogP contribution in [-0.4, -0.2) is 30.1 Å². The van der Waals surface area contributed by atoms with Gasteiger partial charge in [-0.25, -0.2) is 0 Å². The number of guanidine groups is 1. The molecule has 0 fully saturated rings. The highest BCUT2D eigenvalue weighted by molar-refractivity contribution is 7.80. The van der Waals surface area contributed by atoms with Crippen LogP contribution >= 0.6 is 12.2 Å². The van der Waals surface area contributed by atoms with Gasteiger partial charge < -0.3 is 16.4 Å². The first-order chi connectivity index (χ1) is 4.04. The van der Waals surface area contributed by atoms with E-state index in [1.54, 1.807) is 19.0 Å². The Balaban J connectivity index is 4.00. The van der Waals surface area contributed by atoms with Crippen LogP contribution in [-0.2, 0) is 0 Å². The Labute approximate surface area is 59.5 Å². The maximum atomic E-state index is 5.33. The minimum Gasteiger partial charge on any atom is -0.374 e. The molecule has 0 aliphatic heterocycles. The summed E-state index contributed by atoms with van der Waals surface area (Å²) in [7, 11) is 3.52. The van der Waals surface area contributed by atoms with E-state index in [0.717, 1.165) is 0 Å². The smallest absolute Gasteiger partial charge is 0.198 e. The molecule has 0 aliphatic carbocycles. The van der Waals surface area contributed by atoms with Gasteiger partial charge in [0.1, 0.15) is 0 Å². The molecule has 0 aliphatic rings. The number of hydrogen-bond acceptors (Lipinski definition) is 1. The Morgan fingerprint density at radius 3 is 2.00 bits per heavy atom. The second-order valence-corrected chi connectivity index (χ2v) is 2.12. The van der Waals surface area contributed by atoms with E-state index in [4.69, 9.17) is 11.5 Å². The quantitative estimate of drug-likeness (QED) is 0.264. The Morgan fingerprint density at radius 1 is 1.44 bits per heavy atom. The van der Waals surface area contributed by atoms with Crippen LogP contribution in [0.1, 0.15) is 0 Å². The minimum atomic E-state index is 0.0567. The van der Waals surface area contributed by atoms with Gasteiger partial charge in [-0.1, -0.05) is 0 Å². The van der Waals surface area contributed by atoms with E-state index in [1.807, 2.05) is 0 Å². The maximum Gasteiger partial charge on any atom is 0.198 e. The van der Waals surface area contributed by atoms with Gasteiger partial charge in [0.25, 0.3) is 0 Å². The molecule has 5 heteroatoms. The van der Waals surface area contributed by atoms with Crippen molar-refractivity contribution in [2.45, 2.75) is 0 Å². The van der Waals surface area contributed by atoms with E-state index in [2.05, 4.69) is 17.2 Å². The molecular formula is C4H10N4S. The van der Waals surface area contributed by atoms with Crippen molar-refractivity contribution in [3.8, 4) is 0 Å². The van der Waals surface area contributed by atoms with Crippen molar-refractivity contribution in [1.29, 1.82) is 0 Å². The first kappa shape index (κ1) is 8.16. The molecule has 4 nitrogen and oxygen atoms in total. The SMILES string of the molecule is CN(C)C(N)=NC(N)=S. The van der Waals surface area contributed by atoms with Crippen molar-refractivity contribution >= 4 is 23.3 Å². The zero-order valence-electron chi connectivity index (χ0n) is 5.46. The van der Waals surface area contributed by atoms with Crippen LogP contribution in [0.5, 0.6) is 0 Å². The Bertz CT molecular complexity index is 140. The topological polar surface area (TPSA) is 67.6 Å². The summed E-state index contributed by atoms with van der Waals surface area (Å²) in [5, 5.41) is 0.0567. The van der Waals surface area contributed by atoms with E-state index in [-0.39, 0.29) is 5.11 Å². The zero-order valence-corrected chi connectivity index (χ0v) is 6.27. The van der Waals surface area contributed by atoms with Gasteiger partial charge in [0, 0.05) is 14.1 Å². The van der Waals surface area contributed by atoms with Gasteiger partial charge in [0.15, 0.2) is 11.1 Å². The molecule has 0 radical (unpaired) electrons. The predicted octanol–water partition coefficient (Wildman–Crippen LogP) is -0.894. The third-order valence-electron chi connectivity index (χ3n) is 0.683. The lowest BCUT2D eigenvalue weighted by Crippen LogP contribution is -2.31. The van der Waals surface area contributed by atoms with Crippen LogP contribution in [0, 0.1) is 0 Å². The maximum absolute atomic E-state index is 5.33. The third-order valence-corrected chi connectivity index (χ3v) is 0.774. The first-order valence-electron chi connectivity index (χ1n) is 2.35. The molecule has 0 aromatic heterocycles. The van der Waals surface area contributed by atoms with Gasteiger partial charge in [-0.15, -0.1) is 0 Å². The molecule has 0 saturated carbocycles. The highest BCUT2D eigenvalue weighted by Crippen LogP contribution is 1.75. The number of nitrogens with two attached hydrogens (primary N) is 2. The van der Waals surface area contributed by atoms with Gasteiger partial charge in [-0.2, -0.15) is 4.99 Å². The summed E-state index contributed by atoms with van der Waals surface area (Å²) >= 11 is 4.47. The van der Waals surface area contributed by atoms with E-state index < -0.39 is 0 Å². The van der Waals surface area contributed by atoms with Crippen LogP contribution < -0.4 is 11.5 Å². The van der Waals surface area contributed by atoms with Gasteiger partial charge in [0.2, 0.25) is 0 Å². The summed E-state index contributed by atoms with van der Waals surface area (Å²) in [6.07, 6.45) is 0. The number of rotatable bonds is 0. The van der Waals surface area contributed by atoms with E-state index >= 15 is 0 Å². The summed E-state index contributed by atoms with van der Waals surface area (Å²) in [6, 6.07) is 0. The van der Waals surface area contributed by atoms with Crippen molar-refractivity contribution in [3.63, 3.8) is 0 Å². The zero-order chi connectivity index (χ0) is 7.44. The van der Waals surface area contributed by atoms with Crippen LogP contribution in [0.4, 0.5) is 0 Å². The molecule has 0 unspecified atom stereocenters. The largest absolute Gasteiger partial charge is 0.374 e. The molecule has 0 rings (SSSR count). The lowest BCUT2D eigenvalue weighted by atomic mass is 10.8. The lowest BCUT2D eigenvalue weighted by molar-refractivity contribution is 0.615. The Morgan fingerprint density at radius 2 is 1.89 bits per heavy atom. The first-order valence-corrected chi connectivity index (χ1v) is 2.75. The summed E-state index contributed by atoms with van der Waals surface area (Å²) in [5.74, 6) is 0.322. The molecule has 0 heterocycles. The van der Waals surface area contributed by atoms with Crippen molar-refractivity contribution in [1.82, 2.24) is 4.90 Å².